The lowest BCUT2D eigenvalue weighted by Gasteiger charge is -2.41. The first-order valence-electron chi connectivity index (χ1n) is 10.8. The van der Waals surface area contributed by atoms with E-state index in [0.717, 1.165) is 11.3 Å². The average Bonchev–Trinajstić information content (AvgIpc) is 3.26. The molecule has 4 rings (SSSR count). The quantitative estimate of drug-likeness (QED) is 0.618. The van der Waals surface area contributed by atoms with E-state index in [2.05, 4.69) is 23.9 Å². The van der Waals surface area contributed by atoms with Crippen LogP contribution in [0.15, 0.2) is 59.2 Å². The number of carbonyl (C=O) groups excluding carboxylic acids is 2. The van der Waals surface area contributed by atoms with Crippen molar-refractivity contribution >= 4 is 17.5 Å². The van der Waals surface area contributed by atoms with Crippen molar-refractivity contribution in [2.45, 2.75) is 46.3 Å². The maximum atomic E-state index is 13.3. The van der Waals surface area contributed by atoms with E-state index in [9.17, 15) is 9.59 Å². The smallest absolute Gasteiger partial charge is 0.336 e. The molecule has 1 aliphatic heterocycles. The van der Waals surface area contributed by atoms with E-state index < -0.39 is 17.8 Å². The molecule has 1 fully saturated rings. The topological polar surface area (TPSA) is 95.7 Å². The van der Waals surface area contributed by atoms with Gasteiger partial charge in [0.15, 0.2) is 0 Å². The van der Waals surface area contributed by atoms with E-state index in [-0.39, 0.29) is 31.1 Å². The number of nitrogens with zero attached hydrogens (tertiary/aromatic N) is 4. The maximum absolute atomic E-state index is 13.3. The third kappa shape index (κ3) is 4.55. The van der Waals surface area contributed by atoms with Gasteiger partial charge in [0.1, 0.15) is 12.5 Å². The normalized spacial score (nSPS) is 22.3. The van der Waals surface area contributed by atoms with Crippen LogP contribution in [-0.2, 0) is 25.8 Å². The summed E-state index contributed by atoms with van der Waals surface area (Å²) in [6, 6.07) is 5.52. The van der Waals surface area contributed by atoms with Crippen molar-refractivity contribution < 1.29 is 19.1 Å². The van der Waals surface area contributed by atoms with Crippen molar-refractivity contribution in [1.29, 1.82) is 0 Å². The SMILES string of the molecule is CCOC(=O)C1=C(COCn2cccn2)N=C2CC(C)(C)CC(=O)C2C1c1cccnc1. The molecule has 0 bridgehead atoms. The fraction of sp³-hybridized carbons (Fsp3) is 0.458. The number of rotatable bonds is 7. The number of hydrogen-bond donors (Lipinski definition) is 0. The molecule has 32 heavy (non-hydrogen) atoms. The van der Waals surface area contributed by atoms with Crippen LogP contribution in [0.5, 0.6) is 0 Å². The fourth-order valence-corrected chi connectivity index (χ4v) is 4.59. The summed E-state index contributed by atoms with van der Waals surface area (Å²) in [6.45, 7) is 6.46. The lowest BCUT2D eigenvalue weighted by molar-refractivity contribution is -0.139. The van der Waals surface area contributed by atoms with E-state index in [0.29, 0.717) is 24.1 Å². The van der Waals surface area contributed by atoms with Crippen LogP contribution in [0.2, 0.25) is 0 Å². The van der Waals surface area contributed by atoms with E-state index in [4.69, 9.17) is 14.5 Å². The molecule has 2 unspecified atom stereocenters. The Hall–Kier alpha value is -3.13. The highest BCUT2D eigenvalue weighted by atomic mass is 16.5. The number of carbonyl (C=O) groups is 2. The lowest BCUT2D eigenvalue weighted by atomic mass is 9.63. The number of hydrogen-bond acceptors (Lipinski definition) is 7. The minimum atomic E-state index is -0.499. The van der Waals surface area contributed by atoms with Crippen molar-refractivity contribution in [2.75, 3.05) is 13.2 Å². The molecule has 0 spiro atoms. The van der Waals surface area contributed by atoms with Gasteiger partial charge in [-0.2, -0.15) is 5.10 Å². The van der Waals surface area contributed by atoms with Gasteiger partial charge in [-0.1, -0.05) is 19.9 Å². The minimum Gasteiger partial charge on any atom is -0.463 e. The highest BCUT2D eigenvalue weighted by Crippen LogP contribution is 2.46. The van der Waals surface area contributed by atoms with Crippen LogP contribution in [0.25, 0.3) is 0 Å². The molecule has 0 amide bonds. The van der Waals surface area contributed by atoms with Crippen LogP contribution < -0.4 is 0 Å². The molecule has 0 saturated heterocycles. The summed E-state index contributed by atoms with van der Waals surface area (Å²) >= 11 is 0. The van der Waals surface area contributed by atoms with Gasteiger partial charge in [-0.05, 0) is 36.5 Å². The highest BCUT2D eigenvalue weighted by Gasteiger charge is 2.48. The molecule has 1 saturated carbocycles. The van der Waals surface area contributed by atoms with Gasteiger partial charge in [0, 0.05) is 42.8 Å². The van der Waals surface area contributed by atoms with E-state index in [1.54, 1.807) is 36.4 Å². The number of aromatic nitrogens is 3. The molecule has 1 aliphatic carbocycles. The van der Waals surface area contributed by atoms with Crippen LogP contribution >= 0.6 is 0 Å². The second kappa shape index (κ2) is 9.16. The summed E-state index contributed by atoms with van der Waals surface area (Å²) in [7, 11) is 0. The Morgan fingerprint density at radius 1 is 1.22 bits per heavy atom. The highest BCUT2D eigenvalue weighted by molar-refractivity contribution is 6.12. The molecule has 0 radical (unpaired) electrons. The first-order valence-corrected chi connectivity index (χ1v) is 10.8. The fourth-order valence-electron chi connectivity index (χ4n) is 4.59. The zero-order valence-electron chi connectivity index (χ0n) is 18.7. The first-order chi connectivity index (χ1) is 15.4. The molecule has 2 aliphatic rings. The molecule has 0 aromatic carbocycles. The minimum absolute atomic E-state index is 0.0900. The Morgan fingerprint density at radius 3 is 2.75 bits per heavy atom. The average molecular weight is 437 g/mol. The lowest BCUT2D eigenvalue weighted by Crippen LogP contribution is -2.44. The molecular weight excluding hydrogens is 408 g/mol. The second-order valence-corrected chi connectivity index (χ2v) is 8.93. The molecule has 3 heterocycles. The summed E-state index contributed by atoms with van der Waals surface area (Å²) in [5.74, 6) is -1.38. The Balaban J connectivity index is 1.78. The largest absolute Gasteiger partial charge is 0.463 e. The van der Waals surface area contributed by atoms with Gasteiger partial charge >= 0.3 is 5.97 Å². The predicted octanol–water partition coefficient (Wildman–Crippen LogP) is 3.31. The third-order valence-electron chi connectivity index (χ3n) is 5.81. The van der Waals surface area contributed by atoms with Crippen molar-refractivity contribution in [3.63, 3.8) is 0 Å². The number of aliphatic imine (C=N–C) groups is 1. The number of Topliss-reactive ketones (excluding diaryl/α,β-unsaturated/α-hetero) is 1. The summed E-state index contributed by atoms with van der Waals surface area (Å²) in [5.41, 5.74) is 2.29. The Bertz CT molecular complexity index is 1040. The number of pyridine rings is 1. The molecule has 2 aromatic rings. The summed E-state index contributed by atoms with van der Waals surface area (Å²) < 4.78 is 12.9. The maximum Gasteiger partial charge on any atom is 0.336 e. The van der Waals surface area contributed by atoms with E-state index in [1.807, 2.05) is 18.2 Å². The summed E-state index contributed by atoms with van der Waals surface area (Å²) in [5, 5.41) is 4.13. The second-order valence-electron chi connectivity index (χ2n) is 8.93. The van der Waals surface area contributed by atoms with Gasteiger partial charge in [0.2, 0.25) is 0 Å². The molecule has 2 atom stereocenters. The standard InChI is InChI=1S/C24H28N4O4/c1-4-32-23(30)22-18(14-31-15-28-10-6-9-26-28)27-17-11-24(2,3)12-19(29)21(17)20(22)16-7-5-8-25-13-16/h5-10,13,20-21H,4,11-12,14-15H2,1-3H3. The van der Waals surface area contributed by atoms with Crippen molar-refractivity contribution in [3.05, 3.63) is 59.8 Å². The number of fused-ring (bicyclic) bond motifs is 1. The molecule has 8 nitrogen and oxygen atoms in total. The van der Waals surface area contributed by atoms with Gasteiger partial charge in [-0.15, -0.1) is 0 Å². The first kappa shape index (κ1) is 22.1. The van der Waals surface area contributed by atoms with Gasteiger partial charge < -0.3 is 9.47 Å². The number of ketones is 1. The monoisotopic (exact) mass is 436 g/mol. The van der Waals surface area contributed by atoms with Crippen LogP contribution in [0.4, 0.5) is 0 Å². The zero-order chi connectivity index (χ0) is 22.7. The van der Waals surface area contributed by atoms with Crippen molar-refractivity contribution in [2.24, 2.45) is 16.3 Å². The Morgan fingerprint density at radius 2 is 2.06 bits per heavy atom. The van der Waals surface area contributed by atoms with Gasteiger partial charge in [0.05, 0.1) is 30.4 Å². The van der Waals surface area contributed by atoms with Gasteiger partial charge in [-0.3, -0.25) is 14.8 Å². The van der Waals surface area contributed by atoms with Gasteiger partial charge in [0.25, 0.3) is 0 Å². The predicted molar refractivity (Wildman–Crippen MR) is 118 cm³/mol. The number of ether oxygens (including phenoxy) is 2. The molecule has 168 valence electrons. The van der Waals surface area contributed by atoms with Gasteiger partial charge in [-0.25, -0.2) is 9.48 Å². The molecule has 2 aromatic heterocycles. The third-order valence-corrected chi connectivity index (χ3v) is 5.81. The van der Waals surface area contributed by atoms with Crippen LogP contribution in [0, 0.1) is 11.3 Å². The van der Waals surface area contributed by atoms with Crippen LogP contribution in [-0.4, -0.2) is 45.4 Å². The van der Waals surface area contributed by atoms with E-state index in [1.165, 1.54) is 0 Å². The molecular formula is C24H28N4O4. The van der Waals surface area contributed by atoms with E-state index >= 15 is 0 Å². The number of esters is 1. The van der Waals surface area contributed by atoms with Crippen molar-refractivity contribution in [1.82, 2.24) is 14.8 Å². The molecule has 0 N–H and O–H groups in total. The van der Waals surface area contributed by atoms with Crippen LogP contribution in [0.3, 0.4) is 0 Å². The summed E-state index contributed by atoms with van der Waals surface area (Å²) in [6.07, 6.45) is 7.97. The Kier molecular flexibility index (Phi) is 6.32. The van der Waals surface area contributed by atoms with Crippen LogP contribution in [0.1, 0.15) is 45.1 Å². The molecule has 8 heteroatoms. The summed E-state index contributed by atoms with van der Waals surface area (Å²) in [4.78, 5) is 35.5. The van der Waals surface area contributed by atoms with Crippen molar-refractivity contribution in [3.8, 4) is 0 Å². The Labute approximate surface area is 187 Å². The zero-order valence-corrected chi connectivity index (χ0v) is 18.7.